The number of hydrogen-bond donors (Lipinski definition) is 2. The van der Waals surface area contributed by atoms with Crippen molar-refractivity contribution in [1.82, 2.24) is 10.9 Å². The standard InChI is InChI=1S/C17H14ClN3O2/c18-15-8-6-14(7-9-15)17(23)21-20-16(22)10-5-12-1-3-13(11-19)4-2-12/h1-4,6-9H,5,10H2,(H,20,22)(H,21,23). The zero-order valence-corrected chi connectivity index (χ0v) is 12.9. The average molecular weight is 328 g/mol. The Bertz CT molecular complexity index is 734. The highest BCUT2D eigenvalue weighted by molar-refractivity contribution is 6.30. The van der Waals surface area contributed by atoms with Gasteiger partial charge in [-0.15, -0.1) is 0 Å². The zero-order chi connectivity index (χ0) is 16.7. The molecule has 23 heavy (non-hydrogen) atoms. The highest BCUT2D eigenvalue weighted by atomic mass is 35.5. The molecule has 0 bridgehead atoms. The SMILES string of the molecule is N#Cc1ccc(CCC(=O)NNC(=O)c2ccc(Cl)cc2)cc1. The molecule has 0 aliphatic heterocycles. The summed E-state index contributed by atoms with van der Waals surface area (Å²) < 4.78 is 0. The van der Waals surface area contributed by atoms with E-state index in [9.17, 15) is 9.59 Å². The molecule has 0 unspecified atom stereocenters. The highest BCUT2D eigenvalue weighted by Gasteiger charge is 2.07. The van der Waals surface area contributed by atoms with E-state index in [1.54, 1.807) is 48.5 Å². The molecule has 2 aromatic carbocycles. The molecule has 2 amide bonds. The van der Waals surface area contributed by atoms with Crippen molar-refractivity contribution >= 4 is 23.4 Å². The Labute approximate surface area is 138 Å². The van der Waals surface area contributed by atoms with Crippen LogP contribution in [0.3, 0.4) is 0 Å². The summed E-state index contributed by atoms with van der Waals surface area (Å²) in [6.07, 6.45) is 0.751. The van der Waals surface area contributed by atoms with Crippen LogP contribution in [0.25, 0.3) is 0 Å². The van der Waals surface area contributed by atoms with E-state index in [1.165, 1.54) is 0 Å². The van der Waals surface area contributed by atoms with Crippen LogP contribution < -0.4 is 10.9 Å². The molecule has 0 aliphatic rings. The third-order valence-corrected chi connectivity index (χ3v) is 3.40. The molecule has 5 nitrogen and oxygen atoms in total. The van der Waals surface area contributed by atoms with Gasteiger partial charge in [-0.25, -0.2) is 0 Å². The minimum absolute atomic E-state index is 0.229. The number of nitrogens with one attached hydrogen (secondary N) is 2. The molecule has 2 rings (SSSR count). The number of nitrogens with zero attached hydrogens (tertiary/aromatic N) is 1. The summed E-state index contributed by atoms with van der Waals surface area (Å²) in [4.78, 5) is 23.5. The van der Waals surface area contributed by atoms with Gasteiger partial charge in [-0.05, 0) is 48.4 Å². The van der Waals surface area contributed by atoms with Crippen LogP contribution in [0.15, 0.2) is 48.5 Å². The minimum atomic E-state index is -0.409. The Morgan fingerprint density at radius 2 is 1.65 bits per heavy atom. The summed E-state index contributed by atoms with van der Waals surface area (Å²) >= 11 is 5.74. The number of carbonyl (C=O) groups is 2. The number of halogens is 1. The van der Waals surface area contributed by atoms with E-state index in [0.29, 0.717) is 22.6 Å². The number of aryl methyl sites for hydroxylation is 1. The van der Waals surface area contributed by atoms with Crippen LogP contribution in [0.5, 0.6) is 0 Å². The molecule has 0 saturated carbocycles. The Morgan fingerprint density at radius 3 is 2.26 bits per heavy atom. The van der Waals surface area contributed by atoms with Crippen molar-refractivity contribution < 1.29 is 9.59 Å². The second-order valence-electron chi connectivity index (χ2n) is 4.82. The van der Waals surface area contributed by atoms with E-state index in [-0.39, 0.29) is 12.3 Å². The first-order valence-corrected chi connectivity index (χ1v) is 7.30. The van der Waals surface area contributed by atoms with Crippen molar-refractivity contribution in [3.05, 3.63) is 70.2 Å². The van der Waals surface area contributed by atoms with E-state index >= 15 is 0 Å². The fourth-order valence-electron chi connectivity index (χ4n) is 1.87. The van der Waals surface area contributed by atoms with Crippen LogP contribution in [-0.2, 0) is 11.2 Å². The van der Waals surface area contributed by atoms with E-state index in [2.05, 4.69) is 10.9 Å². The number of hydrogen-bond acceptors (Lipinski definition) is 3. The van der Waals surface area contributed by atoms with E-state index in [0.717, 1.165) is 5.56 Å². The van der Waals surface area contributed by atoms with Gasteiger partial charge in [0, 0.05) is 17.0 Å². The molecule has 0 radical (unpaired) electrons. The Kier molecular flexibility index (Phi) is 5.73. The monoisotopic (exact) mass is 327 g/mol. The van der Waals surface area contributed by atoms with Crippen LogP contribution in [-0.4, -0.2) is 11.8 Å². The fraction of sp³-hybridized carbons (Fsp3) is 0.118. The predicted octanol–water partition coefficient (Wildman–Crippen LogP) is 2.61. The van der Waals surface area contributed by atoms with Gasteiger partial charge < -0.3 is 0 Å². The first-order chi connectivity index (χ1) is 11.1. The zero-order valence-electron chi connectivity index (χ0n) is 12.2. The van der Waals surface area contributed by atoms with Crippen molar-refractivity contribution in [2.24, 2.45) is 0 Å². The van der Waals surface area contributed by atoms with Gasteiger partial charge in [0.15, 0.2) is 0 Å². The van der Waals surface area contributed by atoms with Gasteiger partial charge >= 0.3 is 0 Å². The van der Waals surface area contributed by atoms with Crippen molar-refractivity contribution in [3.63, 3.8) is 0 Å². The molecule has 116 valence electrons. The first kappa shape index (κ1) is 16.5. The van der Waals surface area contributed by atoms with Gasteiger partial charge in [-0.2, -0.15) is 5.26 Å². The Balaban J connectivity index is 1.77. The summed E-state index contributed by atoms with van der Waals surface area (Å²) in [7, 11) is 0. The van der Waals surface area contributed by atoms with Crippen molar-refractivity contribution in [1.29, 1.82) is 5.26 Å². The number of nitriles is 1. The number of rotatable bonds is 4. The average Bonchev–Trinajstić information content (AvgIpc) is 2.59. The van der Waals surface area contributed by atoms with Crippen LogP contribution in [0.1, 0.15) is 27.9 Å². The molecule has 0 spiro atoms. The maximum Gasteiger partial charge on any atom is 0.269 e. The summed E-state index contributed by atoms with van der Waals surface area (Å²) in [5, 5.41) is 9.25. The summed E-state index contributed by atoms with van der Waals surface area (Å²) in [6, 6.07) is 15.4. The number of carbonyl (C=O) groups excluding carboxylic acids is 2. The molecule has 0 aromatic heterocycles. The summed E-state index contributed by atoms with van der Waals surface area (Å²) in [6.45, 7) is 0. The lowest BCUT2D eigenvalue weighted by molar-refractivity contribution is -0.121. The van der Waals surface area contributed by atoms with Crippen molar-refractivity contribution in [2.45, 2.75) is 12.8 Å². The highest BCUT2D eigenvalue weighted by Crippen LogP contribution is 2.09. The molecular weight excluding hydrogens is 314 g/mol. The molecule has 0 heterocycles. The van der Waals surface area contributed by atoms with Crippen LogP contribution in [0.2, 0.25) is 5.02 Å². The van der Waals surface area contributed by atoms with Gasteiger partial charge in [-0.1, -0.05) is 23.7 Å². The maximum absolute atomic E-state index is 11.8. The van der Waals surface area contributed by atoms with Crippen molar-refractivity contribution in [3.8, 4) is 6.07 Å². The molecule has 6 heteroatoms. The van der Waals surface area contributed by atoms with Gasteiger partial charge in [-0.3, -0.25) is 20.4 Å². The third-order valence-electron chi connectivity index (χ3n) is 3.15. The quantitative estimate of drug-likeness (QED) is 0.847. The third kappa shape index (κ3) is 5.13. The first-order valence-electron chi connectivity index (χ1n) is 6.92. The minimum Gasteiger partial charge on any atom is -0.273 e. The summed E-state index contributed by atoms with van der Waals surface area (Å²) in [5.74, 6) is -0.704. The number of hydrazine groups is 1. The van der Waals surface area contributed by atoms with Gasteiger partial charge in [0.2, 0.25) is 5.91 Å². The molecule has 0 fully saturated rings. The smallest absolute Gasteiger partial charge is 0.269 e. The lowest BCUT2D eigenvalue weighted by Crippen LogP contribution is -2.41. The maximum atomic E-state index is 11.8. The Hall–Kier alpha value is -2.84. The van der Waals surface area contributed by atoms with E-state index in [4.69, 9.17) is 16.9 Å². The number of benzene rings is 2. The van der Waals surface area contributed by atoms with Crippen LogP contribution in [0, 0.1) is 11.3 Å². The lowest BCUT2D eigenvalue weighted by atomic mass is 10.1. The van der Waals surface area contributed by atoms with E-state index in [1.807, 2.05) is 6.07 Å². The molecule has 2 aromatic rings. The van der Waals surface area contributed by atoms with Gasteiger partial charge in [0.05, 0.1) is 11.6 Å². The molecule has 0 saturated heterocycles. The molecule has 2 N–H and O–H groups in total. The van der Waals surface area contributed by atoms with Gasteiger partial charge in [0.25, 0.3) is 5.91 Å². The van der Waals surface area contributed by atoms with Crippen LogP contribution in [0.4, 0.5) is 0 Å². The van der Waals surface area contributed by atoms with E-state index < -0.39 is 5.91 Å². The fourth-order valence-corrected chi connectivity index (χ4v) is 1.99. The predicted molar refractivity (Wildman–Crippen MR) is 86.5 cm³/mol. The second-order valence-corrected chi connectivity index (χ2v) is 5.25. The van der Waals surface area contributed by atoms with Gasteiger partial charge in [0.1, 0.15) is 0 Å². The molecular formula is C17H14ClN3O2. The largest absolute Gasteiger partial charge is 0.273 e. The Morgan fingerprint density at radius 1 is 1.00 bits per heavy atom. The normalized spacial score (nSPS) is 9.74. The lowest BCUT2D eigenvalue weighted by Gasteiger charge is -2.07. The van der Waals surface area contributed by atoms with Crippen LogP contribution >= 0.6 is 11.6 Å². The van der Waals surface area contributed by atoms with Crippen molar-refractivity contribution in [2.75, 3.05) is 0 Å². The second kappa shape index (κ2) is 7.97. The summed E-state index contributed by atoms with van der Waals surface area (Å²) in [5.41, 5.74) is 6.64. The molecule has 0 atom stereocenters. The topological polar surface area (TPSA) is 82.0 Å². The number of amides is 2. The molecule has 0 aliphatic carbocycles.